The number of rotatable bonds is 12. The van der Waals surface area contributed by atoms with Crippen molar-refractivity contribution in [2.75, 3.05) is 0 Å². The molecule has 0 aromatic carbocycles. The summed E-state index contributed by atoms with van der Waals surface area (Å²) in [5.41, 5.74) is 0. The summed E-state index contributed by atoms with van der Waals surface area (Å²) >= 11 is 0. The maximum absolute atomic E-state index is 13.5. The molecule has 0 aromatic rings. The van der Waals surface area contributed by atoms with Crippen molar-refractivity contribution in [3.05, 3.63) is 0 Å². The average Bonchev–Trinajstić information content (AvgIpc) is 2.50. The molecule has 21 heteroatoms. The molecule has 2 N–H and O–H groups in total. The fourth-order valence-corrected chi connectivity index (χ4v) is 2.47. The minimum atomic E-state index is -7.20. The van der Waals surface area contributed by atoms with Gasteiger partial charge in [-0.1, -0.05) is 0 Å². The molecule has 0 amide bonds. The quantitative estimate of drug-likeness (QED) is 0.251. The van der Waals surface area contributed by atoms with Gasteiger partial charge in [-0.15, -0.1) is 0 Å². The number of phosphoric acid groups is 1. The van der Waals surface area contributed by atoms with Crippen LogP contribution in [0.5, 0.6) is 0 Å². The van der Waals surface area contributed by atoms with Crippen molar-refractivity contribution < 1.29 is 89.1 Å². The van der Waals surface area contributed by atoms with E-state index >= 15 is 0 Å². The summed E-state index contributed by atoms with van der Waals surface area (Å²) in [4.78, 5) is 16.7. The zero-order chi connectivity index (χ0) is 26.4. The maximum Gasteiger partial charge on any atom is 0.469 e. The Kier molecular flexibility index (Phi) is 8.69. The molecule has 0 fully saturated rings. The van der Waals surface area contributed by atoms with Gasteiger partial charge in [0.2, 0.25) is 0 Å². The van der Waals surface area contributed by atoms with Gasteiger partial charge in [0.25, 0.3) is 0 Å². The van der Waals surface area contributed by atoms with Crippen LogP contribution in [0.2, 0.25) is 0 Å². The van der Waals surface area contributed by atoms with Gasteiger partial charge >= 0.3 is 56.2 Å². The predicted molar refractivity (Wildman–Crippen MR) is 67.8 cm³/mol. The molecule has 0 aromatic heterocycles. The number of hydrogen-bond donors (Lipinski definition) is 2. The summed E-state index contributed by atoms with van der Waals surface area (Å²) in [6, 6.07) is 0. The van der Waals surface area contributed by atoms with Gasteiger partial charge in [0.05, 0.1) is 6.10 Å². The summed E-state index contributed by atoms with van der Waals surface area (Å²) < 4.78 is 219. The second-order valence-corrected chi connectivity index (χ2v) is 7.22. The lowest BCUT2D eigenvalue weighted by atomic mass is 9.93. The first kappa shape index (κ1) is 31.0. The highest BCUT2D eigenvalue weighted by molar-refractivity contribution is 7.46. The van der Waals surface area contributed by atoms with E-state index in [0.29, 0.717) is 0 Å². The fourth-order valence-electron chi connectivity index (χ4n) is 1.93. The van der Waals surface area contributed by atoms with Crippen LogP contribution in [0, 0.1) is 0 Å². The second-order valence-electron chi connectivity index (χ2n) is 6.03. The lowest BCUT2D eigenvalue weighted by Crippen LogP contribution is -2.60. The molecular weight excluding hydrogens is 531 g/mol. The molecule has 0 bridgehead atoms. The zero-order valence-corrected chi connectivity index (χ0v) is 15.2. The van der Waals surface area contributed by atoms with E-state index in [1.807, 2.05) is 0 Å². The molecule has 194 valence electrons. The van der Waals surface area contributed by atoms with E-state index in [-0.39, 0.29) is 0 Å². The Labute approximate surface area is 165 Å². The van der Waals surface area contributed by atoms with Crippen LogP contribution in [-0.2, 0) is 9.09 Å². The van der Waals surface area contributed by atoms with Crippen LogP contribution >= 0.6 is 7.82 Å². The summed E-state index contributed by atoms with van der Waals surface area (Å²) in [6.07, 6.45) is -22.3. The highest BCUT2D eigenvalue weighted by atomic mass is 31.2. The molecule has 0 aliphatic rings. The van der Waals surface area contributed by atoms with Crippen molar-refractivity contribution in [2.24, 2.45) is 0 Å². The van der Waals surface area contributed by atoms with Crippen LogP contribution in [0.1, 0.15) is 12.8 Å². The Morgan fingerprint density at radius 2 is 0.875 bits per heavy atom. The van der Waals surface area contributed by atoms with Crippen LogP contribution in [0.3, 0.4) is 0 Å². The van der Waals surface area contributed by atoms with E-state index in [0.717, 1.165) is 0 Å². The van der Waals surface area contributed by atoms with Crippen molar-refractivity contribution in [1.82, 2.24) is 0 Å². The summed E-state index contributed by atoms with van der Waals surface area (Å²) in [6.45, 7) is 0. The Morgan fingerprint density at radius 1 is 0.625 bits per heavy atom. The third kappa shape index (κ3) is 5.91. The maximum atomic E-state index is 13.5. The lowest BCUT2D eigenvalue weighted by Gasteiger charge is -2.36. The van der Waals surface area contributed by atoms with Crippen LogP contribution in [0.15, 0.2) is 0 Å². The number of hydrogen-bond acceptors (Lipinski definition) is 2. The van der Waals surface area contributed by atoms with Gasteiger partial charge in [0.15, 0.2) is 0 Å². The number of phosphoric ester groups is 1. The lowest BCUT2D eigenvalue weighted by molar-refractivity contribution is -0.351. The van der Waals surface area contributed by atoms with Gasteiger partial charge in [-0.2, -0.15) is 52.7 Å². The topological polar surface area (TPSA) is 66.8 Å². The molecule has 0 spiro atoms. The molecule has 32 heavy (non-hydrogen) atoms. The Morgan fingerprint density at radius 3 is 1.06 bits per heavy atom. The van der Waals surface area contributed by atoms with E-state index in [1.165, 1.54) is 0 Å². The van der Waals surface area contributed by atoms with Gasteiger partial charge in [0.1, 0.15) is 0 Å². The standard InChI is InChI=1S/C11H9F16O4P/c12-4(13)8(20,21)10(24,25)6(16,17)1-3(31-32(28,29)30)2-7(18,19)11(26,27)9(22,23)5(14)15/h3-5H,1-2H2,(H2,28,29,30). The fraction of sp³-hybridized carbons (Fsp3) is 1.00. The molecule has 0 saturated carbocycles. The third-order valence-electron chi connectivity index (χ3n) is 3.56. The first-order valence-electron chi connectivity index (χ1n) is 7.24. The molecular formula is C11H9F16O4P. The predicted octanol–water partition coefficient (Wildman–Crippen LogP) is 5.59. The molecule has 0 atom stereocenters. The first-order valence-corrected chi connectivity index (χ1v) is 8.77. The largest absolute Gasteiger partial charge is 0.469 e. The summed E-state index contributed by atoms with van der Waals surface area (Å²) in [5.74, 6) is -41.6. The molecule has 0 radical (unpaired) electrons. The SMILES string of the molecule is O=P(O)(O)OC(CC(F)(F)C(F)(F)C(F)(F)C(F)F)CC(F)(F)C(F)(F)C(F)(F)C(F)F. The van der Waals surface area contributed by atoms with Crippen LogP contribution < -0.4 is 0 Å². The molecule has 0 unspecified atom stereocenters. The molecule has 0 aliphatic heterocycles. The van der Waals surface area contributed by atoms with Crippen molar-refractivity contribution in [3.8, 4) is 0 Å². The third-order valence-corrected chi connectivity index (χ3v) is 4.13. The number of halogens is 16. The van der Waals surface area contributed by atoms with Gasteiger partial charge in [-0.05, 0) is 0 Å². The smallest absolute Gasteiger partial charge is 0.303 e. The number of alkyl halides is 16. The molecule has 0 aliphatic carbocycles. The monoisotopic (exact) mass is 540 g/mol. The molecule has 0 saturated heterocycles. The van der Waals surface area contributed by atoms with E-state index in [2.05, 4.69) is 4.52 Å². The van der Waals surface area contributed by atoms with E-state index < -0.39 is 75.2 Å². The normalized spacial score (nSPS) is 15.9. The van der Waals surface area contributed by atoms with Crippen LogP contribution in [0.4, 0.5) is 70.2 Å². The van der Waals surface area contributed by atoms with Crippen molar-refractivity contribution in [2.45, 2.75) is 67.3 Å². The van der Waals surface area contributed by atoms with Crippen LogP contribution in [-0.4, -0.2) is 64.3 Å². The van der Waals surface area contributed by atoms with Gasteiger partial charge in [-0.25, -0.2) is 22.1 Å². The Bertz CT molecular complexity index is 643. The summed E-state index contributed by atoms with van der Waals surface area (Å²) in [5, 5.41) is 0. The van der Waals surface area contributed by atoms with E-state index in [4.69, 9.17) is 9.79 Å². The highest BCUT2D eigenvalue weighted by Gasteiger charge is 2.77. The molecule has 0 rings (SSSR count). The Balaban J connectivity index is 6.26. The van der Waals surface area contributed by atoms with Crippen molar-refractivity contribution in [1.29, 1.82) is 0 Å². The van der Waals surface area contributed by atoms with Gasteiger partial charge in [0, 0.05) is 12.8 Å². The van der Waals surface area contributed by atoms with Gasteiger partial charge < -0.3 is 9.79 Å². The minimum Gasteiger partial charge on any atom is -0.303 e. The average molecular weight is 540 g/mol. The van der Waals surface area contributed by atoms with Crippen molar-refractivity contribution in [3.63, 3.8) is 0 Å². The highest BCUT2D eigenvalue weighted by Crippen LogP contribution is 2.55. The Hall–Kier alpha value is -1.01. The van der Waals surface area contributed by atoms with Gasteiger partial charge in [-0.3, -0.25) is 4.52 Å². The van der Waals surface area contributed by atoms with Crippen LogP contribution in [0.25, 0.3) is 0 Å². The minimum absolute atomic E-state index is 3.02. The van der Waals surface area contributed by atoms with E-state index in [9.17, 15) is 74.8 Å². The first-order chi connectivity index (χ1) is 13.7. The van der Waals surface area contributed by atoms with E-state index in [1.54, 1.807) is 0 Å². The second kappa shape index (κ2) is 8.98. The zero-order valence-electron chi connectivity index (χ0n) is 14.4. The molecule has 4 nitrogen and oxygen atoms in total. The van der Waals surface area contributed by atoms with Crippen molar-refractivity contribution >= 4 is 7.82 Å². The molecule has 0 heterocycles. The summed E-state index contributed by atoms with van der Waals surface area (Å²) in [7, 11) is -6.45.